The third-order valence-corrected chi connectivity index (χ3v) is 3.34. The van der Waals surface area contributed by atoms with Crippen LogP contribution in [-0.2, 0) is 19.0 Å². The maximum atomic E-state index is 11.7. The molecule has 1 saturated heterocycles. The number of carbonyl (C=O) groups excluding carboxylic acids is 1. The van der Waals surface area contributed by atoms with E-state index in [1.807, 2.05) is 6.92 Å². The highest BCUT2D eigenvalue weighted by Crippen LogP contribution is 2.18. The summed E-state index contributed by atoms with van der Waals surface area (Å²) in [4.78, 5) is 13.8. The Bertz CT molecular complexity index is 274. The number of hydrogen-bond acceptors (Lipinski definition) is 6. The molecule has 0 aromatic heterocycles. The zero-order valence-corrected chi connectivity index (χ0v) is 12.5. The van der Waals surface area contributed by atoms with Gasteiger partial charge in [-0.05, 0) is 26.3 Å². The summed E-state index contributed by atoms with van der Waals surface area (Å²) in [5.74, 6) is -0.187. The minimum Gasteiger partial charge on any atom is -0.466 e. The van der Waals surface area contributed by atoms with Crippen LogP contribution in [0.4, 0.5) is 0 Å². The number of esters is 1. The van der Waals surface area contributed by atoms with E-state index < -0.39 is 6.10 Å². The average molecular weight is 289 g/mol. The summed E-state index contributed by atoms with van der Waals surface area (Å²) in [5, 5.41) is 9.91. The van der Waals surface area contributed by atoms with Crippen molar-refractivity contribution >= 4 is 5.97 Å². The highest BCUT2D eigenvalue weighted by molar-refractivity contribution is 5.72. The predicted molar refractivity (Wildman–Crippen MR) is 74.5 cm³/mol. The van der Waals surface area contributed by atoms with Gasteiger partial charge in [0, 0.05) is 20.2 Å². The Labute approximate surface area is 121 Å². The second-order valence-electron chi connectivity index (χ2n) is 5.07. The van der Waals surface area contributed by atoms with Crippen LogP contribution in [0.3, 0.4) is 0 Å². The van der Waals surface area contributed by atoms with Gasteiger partial charge in [-0.25, -0.2) is 0 Å². The van der Waals surface area contributed by atoms with Crippen molar-refractivity contribution < 1.29 is 24.1 Å². The van der Waals surface area contributed by atoms with Gasteiger partial charge in [-0.2, -0.15) is 0 Å². The summed E-state index contributed by atoms with van der Waals surface area (Å²) in [6.07, 6.45) is 1.30. The van der Waals surface area contributed by atoms with E-state index in [0.29, 0.717) is 39.5 Å². The van der Waals surface area contributed by atoms with Gasteiger partial charge in [0.15, 0.2) is 0 Å². The fourth-order valence-electron chi connectivity index (χ4n) is 2.39. The van der Waals surface area contributed by atoms with Crippen molar-refractivity contribution in [3.8, 4) is 0 Å². The van der Waals surface area contributed by atoms with Gasteiger partial charge in [0.2, 0.25) is 0 Å². The van der Waals surface area contributed by atoms with Gasteiger partial charge in [0.25, 0.3) is 0 Å². The molecule has 1 heterocycles. The first-order valence-electron chi connectivity index (χ1n) is 7.31. The number of hydrogen-bond donors (Lipinski definition) is 1. The van der Waals surface area contributed by atoms with E-state index in [1.54, 1.807) is 7.11 Å². The molecule has 1 unspecified atom stereocenters. The van der Waals surface area contributed by atoms with Gasteiger partial charge in [0.1, 0.15) is 0 Å². The highest BCUT2D eigenvalue weighted by atomic mass is 16.5. The molecule has 1 fully saturated rings. The quantitative estimate of drug-likeness (QED) is 0.486. The zero-order chi connectivity index (χ0) is 14.8. The third-order valence-electron chi connectivity index (χ3n) is 3.34. The van der Waals surface area contributed by atoms with Crippen LogP contribution in [0.15, 0.2) is 0 Å². The first kappa shape index (κ1) is 17.4. The fraction of sp³-hybridized carbons (Fsp3) is 0.929. The van der Waals surface area contributed by atoms with Crippen LogP contribution in [0.1, 0.15) is 19.8 Å². The second-order valence-corrected chi connectivity index (χ2v) is 5.07. The van der Waals surface area contributed by atoms with Crippen LogP contribution >= 0.6 is 0 Å². The number of nitrogens with zero attached hydrogens (tertiary/aromatic N) is 1. The van der Waals surface area contributed by atoms with Gasteiger partial charge in [-0.3, -0.25) is 9.69 Å². The smallest absolute Gasteiger partial charge is 0.310 e. The summed E-state index contributed by atoms with van der Waals surface area (Å²) in [6, 6.07) is 0. The minimum atomic E-state index is -0.534. The predicted octanol–water partition coefficient (Wildman–Crippen LogP) is 0.285. The molecule has 1 aliphatic heterocycles. The number of aliphatic hydroxyl groups is 1. The second kappa shape index (κ2) is 10.1. The molecule has 20 heavy (non-hydrogen) atoms. The van der Waals surface area contributed by atoms with Gasteiger partial charge in [0.05, 0.1) is 38.4 Å². The molecule has 2 atom stereocenters. The molecule has 1 aliphatic rings. The van der Waals surface area contributed by atoms with Crippen molar-refractivity contribution in [2.45, 2.75) is 25.9 Å². The van der Waals surface area contributed by atoms with Crippen LogP contribution in [0, 0.1) is 5.92 Å². The number of likely N-dealkylation sites (tertiary alicyclic amines) is 1. The topological polar surface area (TPSA) is 68.2 Å². The van der Waals surface area contributed by atoms with Crippen molar-refractivity contribution in [1.82, 2.24) is 4.90 Å². The SMILES string of the molecule is CCOC(=O)[C@@H]1CCCN(CC(O)COCCOC)C1. The van der Waals surface area contributed by atoms with Gasteiger partial charge in [-0.15, -0.1) is 0 Å². The number of ether oxygens (including phenoxy) is 3. The minimum absolute atomic E-state index is 0.0645. The molecule has 1 rings (SSSR count). The number of carbonyl (C=O) groups is 1. The summed E-state index contributed by atoms with van der Waals surface area (Å²) in [5.41, 5.74) is 0. The molecule has 118 valence electrons. The number of methoxy groups -OCH3 is 1. The molecule has 0 bridgehead atoms. The Hall–Kier alpha value is -0.690. The number of aliphatic hydroxyl groups excluding tert-OH is 1. The maximum absolute atomic E-state index is 11.7. The summed E-state index contributed by atoms with van der Waals surface area (Å²) in [6.45, 7) is 5.65. The zero-order valence-electron chi connectivity index (χ0n) is 12.5. The molecular weight excluding hydrogens is 262 g/mol. The Kier molecular flexibility index (Phi) is 8.77. The van der Waals surface area contributed by atoms with Crippen LogP contribution in [-0.4, -0.2) is 75.3 Å². The Morgan fingerprint density at radius 2 is 2.25 bits per heavy atom. The maximum Gasteiger partial charge on any atom is 0.310 e. The fourth-order valence-corrected chi connectivity index (χ4v) is 2.39. The monoisotopic (exact) mass is 289 g/mol. The third kappa shape index (κ3) is 6.65. The van der Waals surface area contributed by atoms with Crippen molar-refractivity contribution in [2.24, 2.45) is 5.92 Å². The normalized spacial score (nSPS) is 21.6. The lowest BCUT2D eigenvalue weighted by Gasteiger charge is -2.32. The van der Waals surface area contributed by atoms with Gasteiger partial charge in [-0.1, -0.05) is 0 Å². The molecule has 6 nitrogen and oxygen atoms in total. The lowest BCUT2D eigenvalue weighted by Crippen LogP contribution is -2.43. The number of rotatable bonds is 9. The Morgan fingerprint density at radius 1 is 1.45 bits per heavy atom. The van der Waals surface area contributed by atoms with E-state index in [9.17, 15) is 9.90 Å². The molecular formula is C14H27NO5. The van der Waals surface area contributed by atoms with E-state index in [4.69, 9.17) is 14.2 Å². The van der Waals surface area contributed by atoms with E-state index >= 15 is 0 Å². The van der Waals surface area contributed by atoms with Crippen molar-refractivity contribution in [1.29, 1.82) is 0 Å². The summed E-state index contributed by atoms with van der Waals surface area (Å²) < 4.78 is 15.2. The molecule has 0 aliphatic carbocycles. The standard InChI is InChI=1S/C14H27NO5/c1-3-20-14(17)12-5-4-6-15(9-12)10-13(16)11-19-8-7-18-2/h12-13,16H,3-11H2,1-2H3/t12-,13?/m1/s1. The molecule has 0 amide bonds. The highest BCUT2D eigenvalue weighted by Gasteiger charge is 2.27. The van der Waals surface area contributed by atoms with Crippen molar-refractivity contribution in [2.75, 3.05) is 53.2 Å². The van der Waals surface area contributed by atoms with Gasteiger partial charge >= 0.3 is 5.97 Å². The van der Waals surface area contributed by atoms with Crippen LogP contribution in [0.25, 0.3) is 0 Å². The molecule has 0 aromatic rings. The van der Waals surface area contributed by atoms with Gasteiger partial charge < -0.3 is 19.3 Å². The van der Waals surface area contributed by atoms with E-state index in [1.165, 1.54) is 0 Å². The molecule has 6 heteroatoms. The lowest BCUT2D eigenvalue weighted by molar-refractivity contribution is -0.150. The van der Waals surface area contributed by atoms with Crippen LogP contribution < -0.4 is 0 Å². The largest absolute Gasteiger partial charge is 0.466 e. The molecule has 0 radical (unpaired) electrons. The first-order valence-corrected chi connectivity index (χ1v) is 7.31. The average Bonchev–Trinajstić information content (AvgIpc) is 2.44. The number of piperidine rings is 1. The van der Waals surface area contributed by atoms with E-state index in [2.05, 4.69) is 4.90 Å². The molecule has 0 saturated carbocycles. The molecule has 0 spiro atoms. The molecule has 0 aromatic carbocycles. The first-order chi connectivity index (χ1) is 9.67. The van der Waals surface area contributed by atoms with Crippen LogP contribution in [0.5, 0.6) is 0 Å². The van der Waals surface area contributed by atoms with Crippen molar-refractivity contribution in [3.05, 3.63) is 0 Å². The summed E-state index contributed by atoms with van der Waals surface area (Å²) >= 11 is 0. The summed E-state index contributed by atoms with van der Waals surface area (Å²) in [7, 11) is 1.61. The van der Waals surface area contributed by atoms with Crippen LogP contribution in [0.2, 0.25) is 0 Å². The van der Waals surface area contributed by atoms with E-state index in [-0.39, 0.29) is 11.9 Å². The number of β-amino-alcohol motifs (C(OH)–C–C–N with tert-alkyl or cyclic N) is 1. The van der Waals surface area contributed by atoms with E-state index in [0.717, 1.165) is 19.4 Å². The van der Waals surface area contributed by atoms with Crippen molar-refractivity contribution in [3.63, 3.8) is 0 Å². The molecule has 1 N–H and O–H groups in total. The lowest BCUT2D eigenvalue weighted by atomic mass is 9.98. The Balaban J connectivity index is 2.23. The Morgan fingerprint density at radius 3 is 2.95 bits per heavy atom.